The summed E-state index contributed by atoms with van der Waals surface area (Å²) >= 11 is 0. The summed E-state index contributed by atoms with van der Waals surface area (Å²) in [5.41, 5.74) is 11.0. The molecule has 3 amide bonds. The summed E-state index contributed by atoms with van der Waals surface area (Å²) in [6.07, 6.45) is 7.79. The highest BCUT2D eigenvalue weighted by molar-refractivity contribution is 6.22. The lowest BCUT2D eigenvalue weighted by Crippen LogP contribution is -2.52. The van der Waals surface area contributed by atoms with Gasteiger partial charge in [0.1, 0.15) is 29.3 Å². The molecular weight excluding hydrogens is 745 g/mol. The number of carbonyl (C=O) groups excluding carboxylic acids is 3. The molecule has 3 N–H and O–H groups in total. The zero-order valence-electron chi connectivity index (χ0n) is 33.2. The van der Waals surface area contributed by atoms with Crippen LogP contribution in [0.15, 0.2) is 79.1 Å². The number of aromatic nitrogens is 4. The number of anilines is 2. The Bertz CT molecular complexity index is 2360. The first-order valence-electron chi connectivity index (χ1n) is 21.2. The molecule has 3 aromatic carbocycles. The van der Waals surface area contributed by atoms with Gasteiger partial charge in [-0.1, -0.05) is 18.2 Å². The van der Waals surface area contributed by atoms with E-state index in [1.54, 1.807) is 0 Å². The number of nitrogens with zero attached hydrogens (tertiary/aromatic N) is 8. The molecule has 6 heterocycles. The SMILES string of the molecule is Nc1ncnc2c1c(-c1ccc(Oc3ccccc3)cc1)nn2C1CCC(N2CCN(CC3CCN(c4ccc5c(c4)C(=O)N(C4CCC(=O)NC4)C5=O)C3)CC2)CC1. The van der Waals surface area contributed by atoms with E-state index in [4.69, 9.17) is 15.6 Å². The van der Waals surface area contributed by atoms with E-state index in [1.807, 2.05) is 72.8 Å². The lowest BCUT2D eigenvalue weighted by atomic mass is 9.90. The maximum absolute atomic E-state index is 13.4. The minimum absolute atomic E-state index is 0.0309. The zero-order chi connectivity index (χ0) is 40.0. The molecule has 4 fully saturated rings. The van der Waals surface area contributed by atoms with Crippen LogP contribution in [0.2, 0.25) is 0 Å². The maximum atomic E-state index is 13.4. The number of piperidine rings is 1. The number of fused-ring (bicyclic) bond motifs is 2. The molecule has 1 saturated carbocycles. The first-order valence-corrected chi connectivity index (χ1v) is 21.2. The quantitative estimate of drug-likeness (QED) is 0.185. The third-order valence-electron chi connectivity index (χ3n) is 13.2. The van der Waals surface area contributed by atoms with Crippen LogP contribution in [0.3, 0.4) is 0 Å². The van der Waals surface area contributed by atoms with Crippen molar-refractivity contribution >= 4 is 40.3 Å². The molecule has 0 radical (unpaired) electrons. The lowest BCUT2D eigenvalue weighted by molar-refractivity contribution is -0.123. The fourth-order valence-corrected chi connectivity index (χ4v) is 10.0. The van der Waals surface area contributed by atoms with Gasteiger partial charge in [0.05, 0.1) is 28.6 Å². The van der Waals surface area contributed by atoms with E-state index >= 15 is 0 Å². The molecule has 14 heteroatoms. The number of nitrogens with one attached hydrogen (secondary N) is 1. The number of para-hydroxylation sites is 1. The van der Waals surface area contributed by atoms with Crippen molar-refractivity contribution < 1.29 is 19.1 Å². The van der Waals surface area contributed by atoms with Crippen molar-refractivity contribution in [3.63, 3.8) is 0 Å². The number of hydrogen-bond donors (Lipinski definition) is 2. The highest BCUT2D eigenvalue weighted by atomic mass is 16.5. The molecule has 3 saturated heterocycles. The standard InChI is InChI=1S/C45H50N10O4/c46-42-40-41(30-6-14-36(15-7-30)59-35-4-2-1-3-5-35)50-55(43(40)49-28-48-42)32-10-8-31(9-11-32)52-22-20-51(21-23-52)26-29-18-19-53(27-29)33-12-16-37-38(24-33)45(58)54(44(37)57)34-13-17-39(56)47-25-34/h1-7,12,14-16,24,28-29,31-32,34H,8-11,13,17-23,25-27H2,(H,47,56)(H2,46,48,49). The van der Waals surface area contributed by atoms with E-state index in [9.17, 15) is 14.4 Å². The van der Waals surface area contributed by atoms with Crippen molar-refractivity contribution in [1.82, 2.24) is 39.8 Å². The minimum Gasteiger partial charge on any atom is -0.457 e. The van der Waals surface area contributed by atoms with E-state index in [-0.39, 0.29) is 29.8 Å². The molecule has 2 unspecified atom stereocenters. The maximum Gasteiger partial charge on any atom is 0.261 e. The molecular formula is C45H50N10O4. The van der Waals surface area contributed by atoms with Gasteiger partial charge in [-0.05, 0) is 99.0 Å². The van der Waals surface area contributed by atoms with Crippen LogP contribution in [0.25, 0.3) is 22.3 Å². The highest BCUT2D eigenvalue weighted by Gasteiger charge is 2.42. The van der Waals surface area contributed by atoms with Gasteiger partial charge in [0, 0.05) is 76.1 Å². The fraction of sp³-hybridized carbons (Fsp3) is 0.422. The summed E-state index contributed by atoms with van der Waals surface area (Å²) in [4.78, 5) is 56.3. The predicted octanol–water partition coefficient (Wildman–Crippen LogP) is 5.37. The number of rotatable bonds is 9. The summed E-state index contributed by atoms with van der Waals surface area (Å²) in [7, 11) is 0. The van der Waals surface area contributed by atoms with Crippen LogP contribution < -0.4 is 20.7 Å². The van der Waals surface area contributed by atoms with Crippen molar-refractivity contribution in [3.8, 4) is 22.8 Å². The van der Waals surface area contributed by atoms with E-state index in [1.165, 1.54) is 11.2 Å². The van der Waals surface area contributed by atoms with Crippen molar-refractivity contribution in [2.24, 2.45) is 5.92 Å². The summed E-state index contributed by atoms with van der Waals surface area (Å²) in [5.74, 6) is 2.01. The first kappa shape index (κ1) is 37.4. The Balaban J connectivity index is 0.719. The highest BCUT2D eigenvalue weighted by Crippen LogP contribution is 2.38. The molecule has 0 bridgehead atoms. The normalized spacial score (nSPS) is 24.2. The van der Waals surface area contributed by atoms with Crippen LogP contribution in [0.1, 0.15) is 71.7 Å². The van der Waals surface area contributed by atoms with Gasteiger partial charge in [-0.2, -0.15) is 5.10 Å². The second-order valence-electron chi connectivity index (χ2n) is 16.8. The Labute approximate surface area is 343 Å². The van der Waals surface area contributed by atoms with Crippen LogP contribution in [-0.2, 0) is 4.79 Å². The van der Waals surface area contributed by atoms with E-state index in [0.717, 1.165) is 117 Å². The predicted molar refractivity (Wildman–Crippen MR) is 224 cm³/mol. The zero-order valence-corrected chi connectivity index (χ0v) is 33.2. The minimum atomic E-state index is -0.292. The average Bonchev–Trinajstić information content (AvgIpc) is 3.97. The summed E-state index contributed by atoms with van der Waals surface area (Å²) in [6, 6.07) is 23.9. The Morgan fingerprint density at radius 3 is 2.25 bits per heavy atom. The molecule has 0 spiro atoms. The fourth-order valence-electron chi connectivity index (χ4n) is 10.0. The topological polar surface area (TPSA) is 155 Å². The smallest absolute Gasteiger partial charge is 0.261 e. The number of imide groups is 1. The van der Waals surface area contributed by atoms with Crippen LogP contribution in [-0.4, -0.2) is 117 Å². The molecule has 4 aliphatic heterocycles. The van der Waals surface area contributed by atoms with Crippen LogP contribution >= 0.6 is 0 Å². The number of nitrogen functional groups attached to an aromatic ring is 1. The second-order valence-corrected chi connectivity index (χ2v) is 16.8. The number of piperazine rings is 1. The van der Waals surface area contributed by atoms with Gasteiger partial charge in [-0.25, -0.2) is 14.6 Å². The Kier molecular flexibility index (Phi) is 9.97. The van der Waals surface area contributed by atoms with Gasteiger partial charge < -0.3 is 25.6 Å². The molecule has 59 heavy (non-hydrogen) atoms. The van der Waals surface area contributed by atoms with Gasteiger partial charge in [0.25, 0.3) is 11.8 Å². The van der Waals surface area contributed by atoms with Gasteiger partial charge in [-0.3, -0.25) is 24.2 Å². The molecule has 2 atom stereocenters. The van der Waals surface area contributed by atoms with E-state index < -0.39 is 0 Å². The van der Waals surface area contributed by atoms with Crippen LogP contribution in [0.5, 0.6) is 11.5 Å². The third-order valence-corrected chi connectivity index (χ3v) is 13.2. The third kappa shape index (κ3) is 7.28. The lowest BCUT2D eigenvalue weighted by Gasteiger charge is -2.42. The molecule has 5 aromatic rings. The largest absolute Gasteiger partial charge is 0.457 e. The first-order chi connectivity index (χ1) is 28.9. The van der Waals surface area contributed by atoms with Crippen molar-refractivity contribution in [3.05, 3.63) is 90.3 Å². The van der Waals surface area contributed by atoms with Crippen molar-refractivity contribution in [1.29, 1.82) is 0 Å². The van der Waals surface area contributed by atoms with Crippen molar-refractivity contribution in [2.75, 3.05) is 63.0 Å². The van der Waals surface area contributed by atoms with Gasteiger partial charge in [0.2, 0.25) is 5.91 Å². The van der Waals surface area contributed by atoms with E-state index in [0.29, 0.717) is 48.3 Å². The molecule has 5 aliphatic rings. The van der Waals surface area contributed by atoms with Crippen molar-refractivity contribution in [2.45, 2.75) is 63.1 Å². The summed E-state index contributed by atoms with van der Waals surface area (Å²) in [5, 5.41) is 8.75. The Morgan fingerprint density at radius 1 is 0.746 bits per heavy atom. The summed E-state index contributed by atoms with van der Waals surface area (Å²) in [6.45, 7) is 7.58. The molecule has 14 nitrogen and oxygen atoms in total. The second kappa shape index (κ2) is 15.7. The van der Waals surface area contributed by atoms with Gasteiger partial charge >= 0.3 is 0 Å². The molecule has 1 aliphatic carbocycles. The number of nitrogens with two attached hydrogens (primary N) is 1. The number of carbonyl (C=O) groups is 3. The van der Waals surface area contributed by atoms with Crippen LogP contribution in [0, 0.1) is 5.92 Å². The average molecular weight is 795 g/mol. The summed E-state index contributed by atoms with van der Waals surface area (Å²) < 4.78 is 8.12. The Morgan fingerprint density at radius 2 is 1.49 bits per heavy atom. The molecule has 2 aromatic heterocycles. The van der Waals surface area contributed by atoms with Gasteiger partial charge in [0.15, 0.2) is 5.65 Å². The van der Waals surface area contributed by atoms with Gasteiger partial charge in [-0.15, -0.1) is 0 Å². The number of benzene rings is 3. The number of amides is 3. The Hall–Kier alpha value is -5.86. The molecule has 10 rings (SSSR count). The number of hydrogen-bond acceptors (Lipinski definition) is 11. The monoisotopic (exact) mass is 794 g/mol. The number of ether oxygens (including phenoxy) is 1. The van der Waals surface area contributed by atoms with Crippen LogP contribution in [0.4, 0.5) is 11.5 Å². The van der Waals surface area contributed by atoms with E-state index in [2.05, 4.69) is 34.7 Å². The molecule has 304 valence electrons.